The molecule has 0 spiro atoms. The first-order valence-electron chi connectivity index (χ1n) is 4.07. The molecule has 2 rings (SSSR count). The number of rotatable bonds is 2. The van der Waals surface area contributed by atoms with Crippen molar-refractivity contribution in [3.05, 3.63) is 23.3 Å². The summed E-state index contributed by atoms with van der Waals surface area (Å²) < 4.78 is 10.5. The van der Waals surface area contributed by atoms with Crippen LogP contribution >= 0.6 is 0 Å². The van der Waals surface area contributed by atoms with E-state index in [1.54, 1.807) is 0 Å². The van der Waals surface area contributed by atoms with E-state index in [4.69, 9.17) is 14.7 Å². The summed E-state index contributed by atoms with van der Waals surface area (Å²) in [6.45, 7) is 2.60. The van der Waals surface area contributed by atoms with Gasteiger partial charge < -0.3 is 14.7 Å². The number of fused-ring (bicyclic) bond motifs is 1. The quantitative estimate of drug-likeness (QED) is 0.673. The zero-order valence-corrected chi connectivity index (χ0v) is 7.33. The van der Waals surface area contributed by atoms with Crippen molar-refractivity contribution in [1.82, 2.24) is 5.48 Å². The van der Waals surface area contributed by atoms with Crippen LogP contribution in [0.4, 0.5) is 0 Å². The van der Waals surface area contributed by atoms with E-state index in [-0.39, 0.29) is 6.79 Å². The zero-order valence-electron chi connectivity index (χ0n) is 7.33. The van der Waals surface area contributed by atoms with Crippen LogP contribution in [0.25, 0.3) is 0 Å². The topological polar surface area (TPSA) is 50.7 Å². The highest BCUT2D eigenvalue weighted by atomic mass is 16.7. The normalized spacial score (nSPS) is 13.4. The molecule has 0 saturated heterocycles. The fourth-order valence-electron chi connectivity index (χ4n) is 1.45. The molecular formula is C9H11NO3. The molecule has 0 saturated carbocycles. The monoisotopic (exact) mass is 181 g/mol. The van der Waals surface area contributed by atoms with Crippen molar-refractivity contribution in [2.75, 3.05) is 6.79 Å². The first-order chi connectivity index (χ1) is 6.31. The molecule has 70 valence electrons. The molecule has 0 radical (unpaired) electrons. The molecule has 0 aliphatic carbocycles. The van der Waals surface area contributed by atoms with Gasteiger partial charge in [-0.25, -0.2) is 5.48 Å². The smallest absolute Gasteiger partial charge is 0.231 e. The molecular weight excluding hydrogens is 170 g/mol. The van der Waals surface area contributed by atoms with Crippen LogP contribution < -0.4 is 15.0 Å². The lowest BCUT2D eigenvalue weighted by Gasteiger charge is -2.05. The van der Waals surface area contributed by atoms with E-state index in [0.29, 0.717) is 6.54 Å². The van der Waals surface area contributed by atoms with E-state index in [1.165, 1.54) is 0 Å². The summed E-state index contributed by atoms with van der Waals surface area (Å²) in [6.07, 6.45) is 0. The molecule has 0 fully saturated rings. The number of benzene rings is 1. The number of nitrogens with one attached hydrogen (secondary N) is 1. The summed E-state index contributed by atoms with van der Waals surface area (Å²) in [6, 6.07) is 3.87. The van der Waals surface area contributed by atoms with Gasteiger partial charge in [0.25, 0.3) is 0 Å². The molecule has 4 heteroatoms. The molecule has 2 N–H and O–H groups in total. The van der Waals surface area contributed by atoms with Crippen LogP contribution in [0.2, 0.25) is 0 Å². The molecule has 1 aromatic carbocycles. The summed E-state index contributed by atoms with van der Waals surface area (Å²) >= 11 is 0. The lowest BCUT2D eigenvalue weighted by Crippen LogP contribution is -2.07. The third kappa shape index (κ3) is 1.46. The van der Waals surface area contributed by atoms with Crippen LogP contribution in [0.15, 0.2) is 12.1 Å². The number of aryl methyl sites for hydroxylation is 1. The predicted molar refractivity (Wildman–Crippen MR) is 45.9 cm³/mol. The molecule has 13 heavy (non-hydrogen) atoms. The minimum atomic E-state index is 0.261. The van der Waals surface area contributed by atoms with Gasteiger partial charge in [-0.1, -0.05) is 6.07 Å². The van der Waals surface area contributed by atoms with E-state index >= 15 is 0 Å². The summed E-state index contributed by atoms with van der Waals surface area (Å²) in [5.41, 5.74) is 4.11. The number of ether oxygens (including phenoxy) is 2. The van der Waals surface area contributed by atoms with Crippen molar-refractivity contribution in [2.45, 2.75) is 13.5 Å². The summed E-state index contributed by atoms with van der Waals surface area (Å²) in [4.78, 5) is 0. The van der Waals surface area contributed by atoms with Gasteiger partial charge in [0.2, 0.25) is 6.79 Å². The number of hydrogen-bond donors (Lipinski definition) is 2. The molecule has 0 amide bonds. The van der Waals surface area contributed by atoms with Gasteiger partial charge in [-0.05, 0) is 18.6 Å². The highest BCUT2D eigenvalue weighted by Gasteiger charge is 2.17. The Morgan fingerprint density at radius 1 is 1.46 bits per heavy atom. The van der Waals surface area contributed by atoms with Gasteiger partial charge in [-0.2, -0.15) is 0 Å². The van der Waals surface area contributed by atoms with E-state index in [1.807, 2.05) is 19.1 Å². The molecule has 1 aliphatic heterocycles. The Hall–Kier alpha value is -1.26. The molecule has 0 bridgehead atoms. The van der Waals surface area contributed by atoms with Gasteiger partial charge in [0.1, 0.15) is 0 Å². The molecule has 1 aromatic rings. The number of hydrogen-bond acceptors (Lipinski definition) is 4. The Morgan fingerprint density at radius 3 is 3.08 bits per heavy atom. The lowest BCUT2D eigenvalue weighted by molar-refractivity contribution is 0.155. The Bertz CT molecular complexity index is 325. The minimum Gasteiger partial charge on any atom is -0.454 e. The van der Waals surface area contributed by atoms with Crippen molar-refractivity contribution in [3.63, 3.8) is 0 Å². The third-order valence-corrected chi connectivity index (χ3v) is 1.96. The fourth-order valence-corrected chi connectivity index (χ4v) is 1.45. The predicted octanol–water partition coefficient (Wildman–Crippen LogP) is 1.20. The second-order valence-corrected chi connectivity index (χ2v) is 2.99. The average molecular weight is 181 g/mol. The molecule has 1 aliphatic rings. The van der Waals surface area contributed by atoms with Gasteiger partial charge in [0.15, 0.2) is 11.5 Å². The Labute approximate surface area is 76.0 Å². The maximum Gasteiger partial charge on any atom is 0.231 e. The summed E-state index contributed by atoms with van der Waals surface area (Å²) in [7, 11) is 0. The first kappa shape index (κ1) is 8.34. The van der Waals surface area contributed by atoms with Gasteiger partial charge in [-0.15, -0.1) is 0 Å². The highest BCUT2D eigenvalue weighted by molar-refractivity contribution is 5.50. The zero-order chi connectivity index (χ0) is 9.26. The number of hydroxylamine groups is 1. The summed E-state index contributed by atoms with van der Waals surface area (Å²) in [5.74, 6) is 1.48. The molecule has 1 heterocycles. The largest absolute Gasteiger partial charge is 0.454 e. The SMILES string of the molecule is Cc1cc(CNO)c2c(c1)OCO2. The van der Waals surface area contributed by atoms with Crippen molar-refractivity contribution < 1.29 is 14.7 Å². The molecule has 0 unspecified atom stereocenters. The summed E-state index contributed by atoms with van der Waals surface area (Å²) in [5, 5.41) is 8.60. The van der Waals surface area contributed by atoms with E-state index in [2.05, 4.69) is 5.48 Å². The van der Waals surface area contributed by atoms with Crippen molar-refractivity contribution in [1.29, 1.82) is 0 Å². The van der Waals surface area contributed by atoms with Crippen LogP contribution in [-0.2, 0) is 6.54 Å². The Morgan fingerprint density at radius 2 is 2.31 bits per heavy atom. The molecule has 0 aromatic heterocycles. The Balaban J connectivity index is 2.43. The van der Waals surface area contributed by atoms with Crippen molar-refractivity contribution >= 4 is 0 Å². The van der Waals surface area contributed by atoms with Gasteiger partial charge in [-0.3, -0.25) is 0 Å². The standard InChI is InChI=1S/C9H11NO3/c1-6-2-7(4-10-11)9-8(3-6)12-5-13-9/h2-3,10-11H,4-5H2,1H3. The minimum absolute atomic E-state index is 0.261. The maximum absolute atomic E-state index is 8.60. The van der Waals surface area contributed by atoms with E-state index in [9.17, 15) is 0 Å². The van der Waals surface area contributed by atoms with E-state index < -0.39 is 0 Å². The van der Waals surface area contributed by atoms with E-state index in [0.717, 1.165) is 22.6 Å². The van der Waals surface area contributed by atoms with Crippen LogP contribution in [0.5, 0.6) is 11.5 Å². The third-order valence-electron chi connectivity index (χ3n) is 1.96. The lowest BCUT2D eigenvalue weighted by atomic mass is 10.1. The average Bonchev–Trinajstić information content (AvgIpc) is 2.52. The Kier molecular flexibility index (Phi) is 2.08. The van der Waals surface area contributed by atoms with Gasteiger partial charge >= 0.3 is 0 Å². The van der Waals surface area contributed by atoms with Crippen molar-refractivity contribution in [3.8, 4) is 11.5 Å². The van der Waals surface area contributed by atoms with Crippen LogP contribution in [0.1, 0.15) is 11.1 Å². The van der Waals surface area contributed by atoms with Gasteiger partial charge in [0.05, 0.1) is 0 Å². The van der Waals surface area contributed by atoms with Crippen LogP contribution in [-0.4, -0.2) is 12.0 Å². The maximum atomic E-state index is 8.60. The second-order valence-electron chi connectivity index (χ2n) is 2.99. The van der Waals surface area contributed by atoms with Gasteiger partial charge in [0, 0.05) is 12.1 Å². The molecule has 4 nitrogen and oxygen atoms in total. The van der Waals surface area contributed by atoms with Crippen LogP contribution in [0, 0.1) is 6.92 Å². The first-order valence-corrected chi connectivity index (χ1v) is 4.07. The fraction of sp³-hybridized carbons (Fsp3) is 0.333. The highest BCUT2D eigenvalue weighted by Crippen LogP contribution is 2.36. The van der Waals surface area contributed by atoms with Crippen molar-refractivity contribution in [2.24, 2.45) is 0 Å². The van der Waals surface area contributed by atoms with Crippen LogP contribution in [0.3, 0.4) is 0 Å². The molecule has 0 atom stereocenters. The second kappa shape index (κ2) is 3.24.